The summed E-state index contributed by atoms with van der Waals surface area (Å²) in [6.07, 6.45) is 3.06. The second kappa shape index (κ2) is 6.40. The normalized spacial score (nSPS) is 16.6. The third-order valence-electron chi connectivity index (χ3n) is 3.81. The molecule has 0 bridgehead atoms. The summed E-state index contributed by atoms with van der Waals surface area (Å²) in [4.78, 5) is 0. The lowest BCUT2D eigenvalue weighted by Gasteiger charge is -2.17. The van der Waals surface area contributed by atoms with Gasteiger partial charge in [0.25, 0.3) is 0 Å². The molecule has 21 heavy (non-hydrogen) atoms. The minimum atomic E-state index is 0.407. The molecule has 2 aromatic carbocycles. The number of hydrogen-bond donors (Lipinski definition) is 1. The molecule has 1 N–H and O–H groups in total. The van der Waals surface area contributed by atoms with Gasteiger partial charge in [-0.25, -0.2) is 0 Å². The number of halogens is 1. The highest BCUT2D eigenvalue weighted by Gasteiger charge is 2.22. The molecule has 1 atom stereocenters. The van der Waals surface area contributed by atoms with E-state index in [0.29, 0.717) is 6.04 Å². The van der Waals surface area contributed by atoms with Gasteiger partial charge in [-0.3, -0.25) is 0 Å². The molecule has 0 aromatic heterocycles. The largest absolute Gasteiger partial charge is 0.491 e. The number of hydrogen-bond acceptors (Lipinski definition) is 2. The lowest BCUT2D eigenvalue weighted by molar-refractivity contribution is 0.318. The van der Waals surface area contributed by atoms with Crippen LogP contribution in [-0.4, -0.2) is 12.6 Å². The van der Waals surface area contributed by atoms with E-state index in [0.717, 1.165) is 42.3 Å². The Morgan fingerprint density at radius 1 is 1.14 bits per heavy atom. The molecule has 2 nitrogen and oxygen atoms in total. The van der Waals surface area contributed by atoms with E-state index >= 15 is 0 Å². The number of ether oxygens (including phenoxy) is 1. The zero-order valence-electron chi connectivity index (χ0n) is 12.2. The van der Waals surface area contributed by atoms with Crippen molar-refractivity contribution in [2.24, 2.45) is 0 Å². The van der Waals surface area contributed by atoms with Gasteiger partial charge in [0.15, 0.2) is 0 Å². The van der Waals surface area contributed by atoms with E-state index in [1.165, 1.54) is 11.1 Å². The van der Waals surface area contributed by atoms with Gasteiger partial charge in [-0.1, -0.05) is 36.7 Å². The van der Waals surface area contributed by atoms with Gasteiger partial charge in [-0.05, 0) is 54.7 Å². The highest BCUT2D eigenvalue weighted by atomic mass is 35.5. The van der Waals surface area contributed by atoms with Gasteiger partial charge < -0.3 is 10.1 Å². The van der Waals surface area contributed by atoms with Crippen molar-refractivity contribution in [3.05, 3.63) is 58.6 Å². The summed E-state index contributed by atoms with van der Waals surface area (Å²) in [5, 5.41) is 4.44. The van der Waals surface area contributed by atoms with Gasteiger partial charge in [0, 0.05) is 11.1 Å². The summed E-state index contributed by atoms with van der Waals surface area (Å²) in [6.45, 7) is 2.87. The van der Waals surface area contributed by atoms with Crippen LogP contribution in [0.5, 0.6) is 5.75 Å². The Labute approximate surface area is 131 Å². The fourth-order valence-electron chi connectivity index (χ4n) is 2.83. The molecule has 1 unspecified atom stereocenters. The second-order valence-electron chi connectivity index (χ2n) is 5.51. The lowest BCUT2D eigenvalue weighted by Crippen LogP contribution is -2.20. The van der Waals surface area contributed by atoms with Crippen LogP contribution in [0, 0.1) is 0 Å². The molecule has 1 aliphatic rings. The maximum absolute atomic E-state index is 6.07. The van der Waals surface area contributed by atoms with Crippen molar-refractivity contribution in [3.8, 4) is 5.75 Å². The molecule has 0 spiro atoms. The first-order valence-electron chi connectivity index (χ1n) is 7.52. The molecule has 0 saturated heterocycles. The van der Waals surface area contributed by atoms with Crippen molar-refractivity contribution in [2.75, 3.05) is 11.9 Å². The molecular weight excluding hydrogens is 282 g/mol. The molecular formula is C18H20ClNO. The molecule has 0 radical (unpaired) electrons. The lowest BCUT2D eigenvalue weighted by atomic mass is 10.1. The minimum absolute atomic E-state index is 0.407. The van der Waals surface area contributed by atoms with Crippen molar-refractivity contribution in [1.29, 1.82) is 0 Å². The maximum atomic E-state index is 6.07. The summed E-state index contributed by atoms with van der Waals surface area (Å²) >= 11 is 6.07. The molecule has 1 aliphatic carbocycles. The number of para-hydroxylation sites is 2. The Balaban J connectivity index is 1.71. The van der Waals surface area contributed by atoms with Crippen LogP contribution in [-0.2, 0) is 12.8 Å². The molecule has 0 heterocycles. The smallest absolute Gasteiger partial charge is 0.142 e. The molecule has 2 aromatic rings. The Morgan fingerprint density at radius 2 is 1.95 bits per heavy atom. The van der Waals surface area contributed by atoms with Gasteiger partial charge in [0.05, 0.1) is 12.3 Å². The third kappa shape index (κ3) is 3.33. The summed E-state index contributed by atoms with van der Waals surface area (Å²) in [6, 6.07) is 14.8. The fraction of sp³-hybridized carbons (Fsp3) is 0.333. The predicted molar refractivity (Wildman–Crippen MR) is 88.5 cm³/mol. The number of rotatable bonds is 5. The maximum Gasteiger partial charge on any atom is 0.142 e. The zero-order chi connectivity index (χ0) is 14.7. The number of anilines is 1. The molecule has 3 rings (SSSR count). The van der Waals surface area contributed by atoms with Gasteiger partial charge in [-0.15, -0.1) is 0 Å². The molecule has 0 saturated carbocycles. The van der Waals surface area contributed by atoms with Crippen molar-refractivity contribution < 1.29 is 4.74 Å². The molecule has 0 aliphatic heterocycles. The number of benzene rings is 2. The highest BCUT2D eigenvalue weighted by molar-refractivity contribution is 6.30. The average molecular weight is 302 g/mol. The van der Waals surface area contributed by atoms with Crippen LogP contribution in [0.3, 0.4) is 0 Å². The van der Waals surface area contributed by atoms with Gasteiger partial charge in [-0.2, -0.15) is 0 Å². The first-order valence-corrected chi connectivity index (χ1v) is 7.89. The quantitative estimate of drug-likeness (QED) is 0.863. The zero-order valence-corrected chi connectivity index (χ0v) is 13.0. The van der Waals surface area contributed by atoms with Crippen molar-refractivity contribution in [1.82, 2.24) is 0 Å². The van der Waals surface area contributed by atoms with Gasteiger partial charge in [0.2, 0.25) is 0 Å². The molecule has 3 heteroatoms. The third-order valence-corrected chi connectivity index (χ3v) is 4.04. The minimum Gasteiger partial charge on any atom is -0.491 e. The Bertz CT molecular complexity index is 626. The van der Waals surface area contributed by atoms with E-state index in [-0.39, 0.29) is 0 Å². The summed E-state index contributed by atoms with van der Waals surface area (Å²) in [5.41, 5.74) is 3.82. The SMILES string of the molecule is CCCOc1ccccc1NC1Cc2ccc(Cl)cc2C1. The van der Waals surface area contributed by atoms with E-state index in [9.17, 15) is 0 Å². The average Bonchev–Trinajstić information content (AvgIpc) is 2.87. The highest BCUT2D eigenvalue weighted by Crippen LogP contribution is 2.30. The van der Waals surface area contributed by atoms with E-state index in [2.05, 4.69) is 30.4 Å². The van der Waals surface area contributed by atoms with E-state index in [1.807, 2.05) is 24.3 Å². The summed E-state index contributed by atoms with van der Waals surface area (Å²) < 4.78 is 5.81. The Kier molecular flexibility index (Phi) is 4.35. The summed E-state index contributed by atoms with van der Waals surface area (Å²) in [5.74, 6) is 0.938. The number of nitrogens with one attached hydrogen (secondary N) is 1. The van der Waals surface area contributed by atoms with Crippen LogP contribution in [0.2, 0.25) is 5.02 Å². The van der Waals surface area contributed by atoms with E-state index < -0.39 is 0 Å². The van der Waals surface area contributed by atoms with Crippen LogP contribution in [0.4, 0.5) is 5.69 Å². The Morgan fingerprint density at radius 3 is 2.81 bits per heavy atom. The van der Waals surface area contributed by atoms with Gasteiger partial charge >= 0.3 is 0 Å². The van der Waals surface area contributed by atoms with E-state index in [4.69, 9.17) is 16.3 Å². The van der Waals surface area contributed by atoms with Crippen LogP contribution < -0.4 is 10.1 Å². The first kappa shape index (κ1) is 14.3. The predicted octanol–water partition coefficient (Wildman–Crippen LogP) is 4.71. The van der Waals surface area contributed by atoms with Crippen molar-refractivity contribution in [2.45, 2.75) is 32.2 Å². The van der Waals surface area contributed by atoms with Crippen LogP contribution >= 0.6 is 11.6 Å². The number of fused-ring (bicyclic) bond motifs is 1. The monoisotopic (exact) mass is 301 g/mol. The Hall–Kier alpha value is -1.67. The first-order chi connectivity index (χ1) is 10.3. The molecule has 110 valence electrons. The van der Waals surface area contributed by atoms with Crippen molar-refractivity contribution in [3.63, 3.8) is 0 Å². The topological polar surface area (TPSA) is 21.3 Å². The standard InChI is InChI=1S/C18H20ClNO/c1-2-9-21-18-6-4-3-5-17(18)20-16-11-13-7-8-15(19)10-14(13)12-16/h3-8,10,16,20H,2,9,11-12H2,1H3. The molecule has 0 amide bonds. The van der Waals surface area contributed by atoms with E-state index in [1.54, 1.807) is 0 Å². The second-order valence-corrected chi connectivity index (χ2v) is 5.94. The van der Waals surface area contributed by atoms with Gasteiger partial charge in [0.1, 0.15) is 5.75 Å². The summed E-state index contributed by atoms with van der Waals surface area (Å²) in [7, 11) is 0. The molecule has 0 fully saturated rings. The fourth-order valence-corrected chi connectivity index (χ4v) is 3.03. The van der Waals surface area contributed by atoms with Crippen LogP contribution in [0.1, 0.15) is 24.5 Å². The van der Waals surface area contributed by atoms with Crippen LogP contribution in [0.25, 0.3) is 0 Å². The van der Waals surface area contributed by atoms with Crippen LogP contribution in [0.15, 0.2) is 42.5 Å². The van der Waals surface area contributed by atoms with Crippen molar-refractivity contribution >= 4 is 17.3 Å².